The largest absolute Gasteiger partial charge is 0.389 e. The molecule has 0 aliphatic heterocycles. The van der Waals surface area contributed by atoms with Gasteiger partial charge in [0.25, 0.3) is 0 Å². The summed E-state index contributed by atoms with van der Waals surface area (Å²) in [5.74, 6) is 0. The summed E-state index contributed by atoms with van der Waals surface area (Å²) in [6.45, 7) is 1.64. The van der Waals surface area contributed by atoms with Gasteiger partial charge in [-0.1, -0.05) is 23.2 Å². The molecule has 1 rings (SSSR count). The fourth-order valence-electron chi connectivity index (χ4n) is 0.664. The van der Waals surface area contributed by atoms with Gasteiger partial charge < -0.3 is 5.11 Å². The average molecular weight is 192 g/mol. The van der Waals surface area contributed by atoms with Crippen LogP contribution in [0.15, 0.2) is 12.3 Å². The van der Waals surface area contributed by atoms with Gasteiger partial charge in [-0.25, -0.2) is 4.98 Å². The molecule has 0 aliphatic rings. The normalized spacial score (nSPS) is 13.1. The van der Waals surface area contributed by atoms with Crippen molar-refractivity contribution < 1.29 is 5.11 Å². The first-order valence-electron chi connectivity index (χ1n) is 3.10. The third-order valence-corrected chi connectivity index (χ3v) is 1.99. The van der Waals surface area contributed by atoms with E-state index >= 15 is 0 Å². The molecule has 0 saturated carbocycles. The van der Waals surface area contributed by atoms with Crippen molar-refractivity contribution in [2.45, 2.75) is 13.0 Å². The molecule has 1 aromatic heterocycles. The number of nitrogens with zero attached hydrogens (tertiary/aromatic N) is 1. The Morgan fingerprint density at radius 2 is 2.18 bits per heavy atom. The predicted octanol–water partition coefficient (Wildman–Crippen LogP) is 2.44. The van der Waals surface area contributed by atoms with Crippen LogP contribution in [-0.2, 0) is 0 Å². The Morgan fingerprint density at radius 3 is 2.64 bits per heavy atom. The van der Waals surface area contributed by atoms with E-state index in [1.807, 2.05) is 0 Å². The lowest BCUT2D eigenvalue weighted by Crippen LogP contribution is -1.91. The van der Waals surface area contributed by atoms with Gasteiger partial charge in [0.05, 0.1) is 11.1 Å². The fourth-order valence-corrected chi connectivity index (χ4v) is 0.943. The van der Waals surface area contributed by atoms with Gasteiger partial charge in [-0.2, -0.15) is 0 Å². The molecule has 0 aliphatic carbocycles. The minimum atomic E-state index is -0.558. The number of rotatable bonds is 1. The third kappa shape index (κ3) is 2.06. The van der Waals surface area contributed by atoms with E-state index in [4.69, 9.17) is 28.3 Å². The lowest BCUT2D eigenvalue weighted by Gasteiger charge is -2.03. The molecular formula is C7H7Cl2NO. The summed E-state index contributed by atoms with van der Waals surface area (Å²) in [7, 11) is 0. The predicted molar refractivity (Wildman–Crippen MR) is 44.9 cm³/mol. The molecule has 0 amide bonds. The average Bonchev–Trinajstić information content (AvgIpc) is 1.94. The van der Waals surface area contributed by atoms with Gasteiger partial charge in [0, 0.05) is 11.8 Å². The number of aliphatic hydroxyl groups excluding tert-OH is 1. The van der Waals surface area contributed by atoms with E-state index in [1.165, 1.54) is 6.20 Å². The van der Waals surface area contributed by atoms with Gasteiger partial charge in [0.15, 0.2) is 0 Å². The van der Waals surface area contributed by atoms with Gasteiger partial charge in [0.1, 0.15) is 5.15 Å². The van der Waals surface area contributed by atoms with Crippen LogP contribution < -0.4 is 0 Å². The van der Waals surface area contributed by atoms with Crippen molar-refractivity contribution in [3.8, 4) is 0 Å². The second-order valence-corrected chi connectivity index (χ2v) is 2.98. The SMILES string of the molecule is C[C@@H](O)c1cnc(Cl)c(Cl)c1. The Morgan fingerprint density at radius 1 is 1.55 bits per heavy atom. The number of pyridine rings is 1. The number of aliphatic hydroxyl groups is 1. The molecule has 0 radical (unpaired) electrons. The number of halogens is 2. The van der Waals surface area contributed by atoms with Crippen molar-refractivity contribution >= 4 is 23.2 Å². The van der Waals surface area contributed by atoms with E-state index < -0.39 is 6.10 Å². The topological polar surface area (TPSA) is 33.1 Å². The van der Waals surface area contributed by atoms with Crippen LogP contribution in [0.1, 0.15) is 18.6 Å². The highest BCUT2D eigenvalue weighted by molar-refractivity contribution is 6.41. The van der Waals surface area contributed by atoms with Gasteiger partial charge in [-0.05, 0) is 13.0 Å². The van der Waals surface area contributed by atoms with Crippen LogP contribution in [0.2, 0.25) is 10.2 Å². The van der Waals surface area contributed by atoms with Crippen LogP contribution in [0, 0.1) is 0 Å². The van der Waals surface area contributed by atoms with Gasteiger partial charge >= 0.3 is 0 Å². The summed E-state index contributed by atoms with van der Waals surface area (Å²) >= 11 is 11.2. The Labute approximate surface area is 74.8 Å². The summed E-state index contributed by atoms with van der Waals surface area (Å²) < 4.78 is 0. The molecule has 0 unspecified atom stereocenters. The van der Waals surface area contributed by atoms with Crippen molar-refractivity contribution in [1.29, 1.82) is 0 Å². The summed E-state index contributed by atoms with van der Waals surface area (Å²) in [6.07, 6.45) is 0.941. The zero-order valence-corrected chi connectivity index (χ0v) is 7.39. The maximum Gasteiger partial charge on any atom is 0.147 e. The lowest BCUT2D eigenvalue weighted by molar-refractivity contribution is 0.199. The standard InChI is InChI=1S/C7H7Cl2NO/c1-4(11)5-2-6(8)7(9)10-3-5/h2-4,11H,1H3/t4-/m1/s1. The molecular weight excluding hydrogens is 185 g/mol. The Bertz CT molecular complexity index is 263. The smallest absolute Gasteiger partial charge is 0.147 e. The Kier molecular flexibility index (Phi) is 2.71. The molecule has 0 fully saturated rings. The summed E-state index contributed by atoms with van der Waals surface area (Å²) in [5.41, 5.74) is 0.666. The molecule has 1 N–H and O–H groups in total. The highest BCUT2D eigenvalue weighted by Crippen LogP contribution is 2.22. The highest BCUT2D eigenvalue weighted by atomic mass is 35.5. The van der Waals surface area contributed by atoms with Crippen LogP contribution in [0.3, 0.4) is 0 Å². The second-order valence-electron chi connectivity index (χ2n) is 2.22. The minimum Gasteiger partial charge on any atom is -0.389 e. The molecule has 4 heteroatoms. The van der Waals surface area contributed by atoms with E-state index in [2.05, 4.69) is 4.98 Å². The Balaban J connectivity index is 3.05. The van der Waals surface area contributed by atoms with Crippen LogP contribution in [0.5, 0.6) is 0 Å². The lowest BCUT2D eigenvalue weighted by atomic mass is 10.2. The zero-order chi connectivity index (χ0) is 8.43. The third-order valence-electron chi connectivity index (χ3n) is 1.30. The van der Waals surface area contributed by atoms with Crippen molar-refractivity contribution in [2.24, 2.45) is 0 Å². The first-order valence-corrected chi connectivity index (χ1v) is 3.86. The monoisotopic (exact) mass is 191 g/mol. The fraction of sp³-hybridized carbons (Fsp3) is 0.286. The van der Waals surface area contributed by atoms with E-state index in [1.54, 1.807) is 13.0 Å². The van der Waals surface area contributed by atoms with Crippen LogP contribution in [-0.4, -0.2) is 10.1 Å². The molecule has 0 spiro atoms. The van der Waals surface area contributed by atoms with Crippen LogP contribution in [0.4, 0.5) is 0 Å². The van der Waals surface area contributed by atoms with Crippen LogP contribution >= 0.6 is 23.2 Å². The van der Waals surface area contributed by atoms with Crippen molar-refractivity contribution in [2.75, 3.05) is 0 Å². The molecule has 1 heterocycles. The quantitative estimate of drug-likeness (QED) is 0.693. The van der Waals surface area contributed by atoms with Crippen molar-refractivity contribution in [3.63, 3.8) is 0 Å². The maximum atomic E-state index is 9.10. The van der Waals surface area contributed by atoms with Crippen molar-refractivity contribution in [3.05, 3.63) is 28.0 Å². The highest BCUT2D eigenvalue weighted by Gasteiger charge is 2.04. The number of aromatic nitrogens is 1. The molecule has 1 aromatic rings. The van der Waals surface area contributed by atoms with Gasteiger partial charge in [0.2, 0.25) is 0 Å². The molecule has 60 valence electrons. The zero-order valence-electron chi connectivity index (χ0n) is 5.88. The van der Waals surface area contributed by atoms with E-state index in [0.717, 1.165) is 0 Å². The van der Waals surface area contributed by atoms with E-state index in [9.17, 15) is 0 Å². The van der Waals surface area contributed by atoms with Gasteiger partial charge in [-0.3, -0.25) is 0 Å². The molecule has 2 nitrogen and oxygen atoms in total. The molecule has 0 bridgehead atoms. The first-order chi connectivity index (χ1) is 5.11. The van der Waals surface area contributed by atoms with Crippen molar-refractivity contribution in [1.82, 2.24) is 4.98 Å². The summed E-state index contributed by atoms with van der Waals surface area (Å²) in [4.78, 5) is 3.77. The molecule has 0 saturated heterocycles. The molecule has 11 heavy (non-hydrogen) atoms. The Hall–Kier alpha value is -0.310. The second kappa shape index (κ2) is 3.39. The number of hydrogen-bond donors (Lipinski definition) is 1. The summed E-state index contributed by atoms with van der Waals surface area (Å²) in [5, 5.41) is 9.72. The first kappa shape index (κ1) is 8.78. The van der Waals surface area contributed by atoms with Crippen LogP contribution in [0.25, 0.3) is 0 Å². The minimum absolute atomic E-state index is 0.260. The number of hydrogen-bond acceptors (Lipinski definition) is 2. The van der Waals surface area contributed by atoms with E-state index in [-0.39, 0.29) is 5.15 Å². The molecule has 0 aromatic carbocycles. The molecule has 1 atom stereocenters. The maximum absolute atomic E-state index is 9.10. The summed E-state index contributed by atoms with van der Waals surface area (Å²) in [6, 6.07) is 1.60. The van der Waals surface area contributed by atoms with Gasteiger partial charge in [-0.15, -0.1) is 0 Å². The van der Waals surface area contributed by atoms with E-state index in [0.29, 0.717) is 10.6 Å².